The van der Waals surface area contributed by atoms with Crippen LogP contribution in [0.1, 0.15) is 29.8 Å². The molecular formula is C19H12F3N5O3. The van der Waals surface area contributed by atoms with Crippen LogP contribution in [0, 0.1) is 11.3 Å². The molecule has 1 saturated heterocycles. The zero-order valence-corrected chi connectivity index (χ0v) is 15.1. The largest absolute Gasteiger partial charge is 0.493 e. The SMILES string of the molecule is N#Cc1ccc(-n2c(O)c3n(c2=O)[C@@H]2CC3N(C(=O)C(F)(F)F)C2)c2cccnc12. The van der Waals surface area contributed by atoms with E-state index in [4.69, 9.17) is 0 Å². The van der Waals surface area contributed by atoms with Gasteiger partial charge >= 0.3 is 17.8 Å². The molecule has 4 heterocycles. The van der Waals surface area contributed by atoms with Gasteiger partial charge in [-0.2, -0.15) is 18.4 Å². The summed E-state index contributed by atoms with van der Waals surface area (Å²) in [5.74, 6) is -2.52. The number of nitriles is 1. The maximum atomic E-state index is 13.1. The molecule has 1 aromatic carbocycles. The van der Waals surface area contributed by atoms with Crippen LogP contribution in [0.5, 0.6) is 5.88 Å². The molecule has 0 spiro atoms. The highest BCUT2D eigenvalue weighted by molar-refractivity contribution is 5.91. The Morgan fingerprint density at radius 1 is 1.30 bits per heavy atom. The minimum absolute atomic E-state index is 0.0183. The number of amides is 1. The molecule has 2 aromatic heterocycles. The lowest BCUT2D eigenvalue weighted by molar-refractivity contribution is -0.187. The summed E-state index contributed by atoms with van der Waals surface area (Å²) in [5.41, 5.74) is 0.205. The zero-order valence-electron chi connectivity index (χ0n) is 15.1. The molecule has 2 aliphatic rings. The smallest absolute Gasteiger partial charge is 0.471 e. The summed E-state index contributed by atoms with van der Waals surface area (Å²) in [6.07, 6.45) is -3.42. The van der Waals surface area contributed by atoms with Crippen LogP contribution in [0.4, 0.5) is 13.2 Å². The predicted molar refractivity (Wildman–Crippen MR) is 95.9 cm³/mol. The number of imidazole rings is 1. The van der Waals surface area contributed by atoms with Gasteiger partial charge in [0, 0.05) is 18.1 Å². The van der Waals surface area contributed by atoms with E-state index in [0.717, 1.165) is 4.57 Å². The van der Waals surface area contributed by atoms with Gasteiger partial charge in [0.25, 0.3) is 0 Å². The van der Waals surface area contributed by atoms with Crippen molar-refractivity contribution in [1.29, 1.82) is 5.26 Å². The molecule has 11 heteroatoms. The van der Waals surface area contributed by atoms with E-state index in [1.54, 1.807) is 12.1 Å². The number of aromatic nitrogens is 3. The number of rotatable bonds is 1. The number of fused-ring (bicyclic) bond motifs is 6. The topological polar surface area (TPSA) is 104 Å². The highest BCUT2D eigenvalue weighted by Gasteiger charge is 2.54. The Hall–Kier alpha value is -3.81. The van der Waals surface area contributed by atoms with Crippen LogP contribution in [-0.2, 0) is 4.79 Å². The molecular weight excluding hydrogens is 403 g/mol. The van der Waals surface area contributed by atoms with E-state index < -0.39 is 35.7 Å². The van der Waals surface area contributed by atoms with E-state index in [2.05, 4.69) is 4.98 Å². The lowest BCUT2D eigenvalue weighted by atomic mass is 10.1. The normalized spacial score (nSPS) is 19.9. The third kappa shape index (κ3) is 2.24. The molecule has 2 atom stereocenters. The van der Waals surface area contributed by atoms with Crippen LogP contribution in [0.15, 0.2) is 35.3 Å². The van der Waals surface area contributed by atoms with Crippen molar-refractivity contribution in [1.82, 2.24) is 19.0 Å². The number of carbonyl (C=O) groups excluding carboxylic acids is 1. The van der Waals surface area contributed by atoms with E-state index in [0.29, 0.717) is 15.8 Å². The van der Waals surface area contributed by atoms with E-state index in [1.807, 2.05) is 6.07 Å². The van der Waals surface area contributed by atoms with Crippen LogP contribution in [0.25, 0.3) is 16.6 Å². The molecule has 152 valence electrons. The van der Waals surface area contributed by atoms with Gasteiger partial charge in [0.15, 0.2) is 0 Å². The van der Waals surface area contributed by atoms with Crippen LogP contribution >= 0.6 is 0 Å². The molecule has 0 aliphatic carbocycles. The van der Waals surface area contributed by atoms with Gasteiger partial charge < -0.3 is 10.0 Å². The molecule has 2 bridgehead atoms. The number of benzene rings is 1. The first-order chi connectivity index (χ1) is 14.2. The fraction of sp³-hybridized carbons (Fsp3) is 0.263. The van der Waals surface area contributed by atoms with Gasteiger partial charge in [-0.1, -0.05) is 0 Å². The number of hydrogen-bond donors (Lipinski definition) is 1. The number of halogens is 3. The molecule has 2 aliphatic heterocycles. The Morgan fingerprint density at radius 3 is 2.77 bits per heavy atom. The first-order valence-corrected chi connectivity index (χ1v) is 8.96. The summed E-state index contributed by atoms with van der Waals surface area (Å²) >= 11 is 0. The summed E-state index contributed by atoms with van der Waals surface area (Å²) < 4.78 is 41.0. The van der Waals surface area contributed by atoms with Crippen molar-refractivity contribution in [2.45, 2.75) is 24.7 Å². The third-order valence-electron chi connectivity index (χ3n) is 5.67. The number of alkyl halides is 3. The summed E-state index contributed by atoms with van der Waals surface area (Å²) in [6.45, 7) is -0.255. The second-order valence-electron chi connectivity index (χ2n) is 7.20. The highest BCUT2D eigenvalue weighted by Crippen LogP contribution is 2.49. The molecule has 1 fully saturated rings. The zero-order chi connectivity index (χ0) is 21.4. The van der Waals surface area contributed by atoms with Gasteiger partial charge in [-0.3, -0.25) is 14.3 Å². The first kappa shape index (κ1) is 18.2. The average molecular weight is 415 g/mol. The van der Waals surface area contributed by atoms with Gasteiger partial charge in [-0.05, 0) is 30.7 Å². The van der Waals surface area contributed by atoms with Crippen molar-refractivity contribution < 1.29 is 23.1 Å². The maximum absolute atomic E-state index is 13.1. The molecule has 0 saturated carbocycles. The summed E-state index contributed by atoms with van der Waals surface area (Å²) in [5, 5.41) is 20.5. The number of nitrogens with zero attached hydrogens (tertiary/aromatic N) is 5. The van der Waals surface area contributed by atoms with E-state index >= 15 is 0 Å². The molecule has 1 N–H and O–H groups in total. The van der Waals surface area contributed by atoms with Crippen molar-refractivity contribution >= 4 is 16.8 Å². The van der Waals surface area contributed by atoms with Crippen molar-refractivity contribution in [3.05, 3.63) is 52.2 Å². The number of hydrogen-bond acceptors (Lipinski definition) is 5. The van der Waals surface area contributed by atoms with Crippen molar-refractivity contribution in [2.24, 2.45) is 0 Å². The minimum Gasteiger partial charge on any atom is -0.493 e. The maximum Gasteiger partial charge on any atom is 0.471 e. The van der Waals surface area contributed by atoms with E-state index in [9.17, 15) is 33.1 Å². The number of carbonyl (C=O) groups is 1. The quantitative estimate of drug-likeness (QED) is 0.656. The van der Waals surface area contributed by atoms with Gasteiger partial charge in [-0.25, -0.2) is 9.36 Å². The summed E-state index contributed by atoms with van der Waals surface area (Å²) in [6, 6.07) is 6.46. The lowest BCUT2D eigenvalue weighted by Crippen LogP contribution is -2.44. The Kier molecular flexibility index (Phi) is 3.56. The second kappa shape index (κ2) is 5.85. The fourth-order valence-electron chi connectivity index (χ4n) is 4.49. The van der Waals surface area contributed by atoms with Crippen molar-refractivity contribution in [3.8, 4) is 17.6 Å². The Labute approximate surface area is 166 Å². The number of aromatic hydroxyl groups is 1. The molecule has 0 radical (unpaired) electrons. The monoisotopic (exact) mass is 415 g/mol. The van der Waals surface area contributed by atoms with Crippen LogP contribution in [-0.4, -0.2) is 42.8 Å². The summed E-state index contributed by atoms with van der Waals surface area (Å²) in [7, 11) is 0. The Bertz CT molecular complexity index is 1330. The average Bonchev–Trinajstić information content (AvgIpc) is 3.37. The lowest BCUT2D eigenvalue weighted by Gasteiger charge is -2.28. The standard InChI is InChI=1S/C19H12F3N5O3/c20-19(21,22)17(29)25-8-10-6-13(25)15-16(28)27(18(30)26(10)15)12-4-3-9(7-23)14-11(12)2-1-5-24-14/h1-5,10,13,28H,6,8H2/t10-,13?/m1/s1. The van der Waals surface area contributed by atoms with Gasteiger partial charge in [-0.15, -0.1) is 0 Å². The van der Waals surface area contributed by atoms with Crippen molar-refractivity contribution in [2.75, 3.05) is 6.54 Å². The van der Waals surface area contributed by atoms with Crippen LogP contribution in [0.2, 0.25) is 0 Å². The Balaban J connectivity index is 1.70. The number of likely N-dealkylation sites (tertiary alicyclic amines) is 1. The predicted octanol–water partition coefficient (Wildman–Crippen LogP) is 2.15. The summed E-state index contributed by atoms with van der Waals surface area (Å²) in [4.78, 5) is 29.7. The minimum atomic E-state index is -5.04. The second-order valence-corrected chi connectivity index (χ2v) is 7.20. The first-order valence-electron chi connectivity index (χ1n) is 8.96. The molecule has 1 amide bonds. The highest BCUT2D eigenvalue weighted by atomic mass is 19.4. The fourth-order valence-corrected chi connectivity index (χ4v) is 4.49. The molecule has 3 aromatic rings. The van der Waals surface area contributed by atoms with Gasteiger partial charge in [0.2, 0.25) is 5.88 Å². The van der Waals surface area contributed by atoms with E-state index in [1.165, 1.54) is 22.9 Å². The molecule has 1 unspecified atom stereocenters. The van der Waals surface area contributed by atoms with Crippen LogP contribution < -0.4 is 5.69 Å². The number of pyridine rings is 1. The van der Waals surface area contributed by atoms with Gasteiger partial charge in [0.05, 0.1) is 28.9 Å². The van der Waals surface area contributed by atoms with Gasteiger partial charge in [0.1, 0.15) is 11.8 Å². The molecule has 30 heavy (non-hydrogen) atoms. The third-order valence-corrected chi connectivity index (χ3v) is 5.67. The molecule has 5 rings (SSSR count). The Morgan fingerprint density at radius 2 is 2.07 bits per heavy atom. The van der Waals surface area contributed by atoms with Crippen molar-refractivity contribution in [3.63, 3.8) is 0 Å². The molecule has 8 nitrogen and oxygen atoms in total. The van der Waals surface area contributed by atoms with E-state index in [-0.39, 0.29) is 29.9 Å². The van der Waals surface area contributed by atoms with Crippen LogP contribution in [0.3, 0.4) is 0 Å².